The SMILES string of the molecule is COc1ccc(CN2CCN[C@H](C)C2)cc1OCc1ccc([N+](=O)[O-])cc1.Cl. The lowest BCUT2D eigenvalue weighted by Gasteiger charge is -2.31. The minimum absolute atomic E-state index is 0. The van der Waals surface area contributed by atoms with Crippen molar-refractivity contribution in [1.82, 2.24) is 10.2 Å². The first kappa shape index (κ1) is 21.9. The zero-order valence-electron chi connectivity index (χ0n) is 16.1. The third-order valence-electron chi connectivity index (χ3n) is 4.63. The van der Waals surface area contributed by atoms with E-state index in [1.54, 1.807) is 19.2 Å². The molecule has 2 aromatic rings. The maximum Gasteiger partial charge on any atom is 0.269 e. The smallest absolute Gasteiger partial charge is 0.269 e. The van der Waals surface area contributed by atoms with Gasteiger partial charge in [0.05, 0.1) is 12.0 Å². The number of nitrogens with one attached hydrogen (secondary N) is 1. The number of hydrogen-bond acceptors (Lipinski definition) is 6. The summed E-state index contributed by atoms with van der Waals surface area (Å²) >= 11 is 0. The molecule has 0 saturated carbocycles. The summed E-state index contributed by atoms with van der Waals surface area (Å²) in [6.45, 7) is 6.42. The molecule has 1 aliphatic heterocycles. The quantitative estimate of drug-likeness (QED) is 0.560. The van der Waals surface area contributed by atoms with E-state index in [4.69, 9.17) is 9.47 Å². The Labute approximate surface area is 171 Å². The average molecular weight is 408 g/mol. The van der Waals surface area contributed by atoms with E-state index in [2.05, 4.69) is 23.2 Å². The van der Waals surface area contributed by atoms with Crippen LogP contribution < -0.4 is 14.8 Å². The Morgan fingerprint density at radius 3 is 2.54 bits per heavy atom. The predicted octanol–water partition coefficient (Wildman–Crippen LogP) is 3.40. The summed E-state index contributed by atoms with van der Waals surface area (Å²) in [6, 6.07) is 12.9. The fraction of sp³-hybridized carbons (Fsp3) is 0.400. The topological polar surface area (TPSA) is 76.9 Å². The molecule has 1 fully saturated rings. The summed E-state index contributed by atoms with van der Waals surface area (Å²) in [5.74, 6) is 1.35. The fourth-order valence-corrected chi connectivity index (χ4v) is 3.22. The van der Waals surface area contributed by atoms with Gasteiger partial charge in [0.25, 0.3) is 5.69 Å². The summed E-state index contributed by atoms with van der Waals surface area (Å²) in [6.07, 6.45) is 0. The standard InChI is InChI=1S/C20H25N3O4.ClH/c1-15-12-22(10-9-21-15)13-17-5-8-19(26-2)20(11-17)27-14-16-3-6-18(7-4-16)23(24)25;/h3-8,11,15,21H,9-10,12-14H2,1-2H3;1H/t15-;/m1./s1. The Bertz CT molecular complexity index is 786. The van der Waals surface area contributed by atoms with Crippen molar-refractivity contribution in [1.29, 1.82) is 0 Å². The second kappa shape index (κ2) is 10.3. The zero-order valence-corrected chi connectivity index (χ0v) is 16.9. The first-order valence-corrected chi connectivity index (χ1v) is 9.04. The Morgan fingerprint density at radius 1 is 1.18 bits per heavy atom. The summed E-state index contributed by atoms with van der Waals surface area (Å²) in [5, 5.41) is 14.2. The van der Waals surface area contributed by atoms with Gasteiger partial charge in [-0.15, -0.1) is 12.4 Å². The van der Waals surface area contributed by atoms with E-state index >= 15 is 0 Å². The number of halogens is 1. The van der Waals surface area contributed by atoms with Crippen LogP contribution in [0.15, 0.2) is 42.5 Å². The molecule has 1 heterocycles. The van der Waals surface area contributed by atoms with E-state index < -0.39 is 4.92 Å². The van der Waals surface area contributed by atoms with Gasteiger partial charge in [0.1, 0.15) is 6.61 Å². The lowest BCUT2D eigenvalue weighted by Crippen LogP contribution is -2.48. The number of piperazine rings is 1. The van der Waals surface area contributed by atoms with Crippen LogP contribution in [0.3, 0.4) is 0 Å². The normalized spacial score (nSPS) is 16.9. The zero-order chi connectivity index (χ0) is 19.2. The van der Waals surface area contributed by atoms with Crippen LogP contribution in [0.4, 0.5) is 5.69 Å². The third-order valence-corrected chi connectivity index (χ3v) is 4.63. The van der Waals surface area contributed by atoms with Gasteiger partial charge in [-0.2, -0.15) is 0 Å². The molecule has 1 saturated heterocycles. The number of ether oxygens (including phenoxy) is 2. The summed E-state index contributed by atoms with van der Waals surface area (Å²) in [4.78, 5) is 12.8. The summed E-state index contributed by atoms with van der Waals surface area (Å²) in [5.41, 5.74) is 2.11. The van der Waals surface area contributed by atoms with Crippen molar-refractivity contribution in [2.75, 3.05) is 26.7 Å². The number of methoxy groups -OCH3 is 1. The maximum absolute atomic E-state index is 10.7. The lowest BCUT2D eigenvalue weighted by molar-refractivity contribution is -0.384. The van der Waals surface area contributed by atoms with Crippen molar-refractivity contribution in [2.24, 2.45) is 0 Å². The van der Waals surface area contributed by atoms with Crippen LogP contribution >= 0.6 is 12.4 Å². The van der Waals surface area contributed by atoms with Gasteiger partial charge >= 0.3 is 0 Å². The molecule has 1 N–H and O–H groups in total. The molecule has 0 bridgehead atoms. The fourth-order valence-electron chi connectivity index (χ4n) is 3.22. The van der Waals surface area contributed by atoms with Gasteiger partial charge in [0.2, 0.25) is 0 Å². The molecule has 0 aliphatic carbocycles. The molecule has 2 aromatic carbocycles. The van der Waals surface area contributed by atoms with Crippen LogP contribution in [0.25, 0.3) is 0 Å². The van der Waals surface area contributed by atoms with Gasteiger partial charge in [-0.05, 0) is 42.3 Å². The molecule has 7 nitrogen and oxygen atoms in total. The molecule has 1 aliphatic rings. The number of benzene rings is 2. The molecule has 0 aromatic heterocycles. The van der Waals surface area contributed by atoms with Crippen LogP contribution in [0.2, 0.25) is 0 Å². The number of nitro benzene ring substituents is 1. The van der Waals surface area contributed by atoms with Gasteiger partial charge < -0.3 is 14.8 Å². The Morgan fingerprint density at radius 2 is 1.89 bits per heavy atom. The predicted molar refractivity (Wildman–Crippen MR) is 110 cm³/mol. The monoisotopic (exact) mass is 407 g/mol. The van der Waals surface area contributed by atoms with Gasteiger partial charge in [-0.1, -0.05) is 6.07 Å². The minimum Gasteiger partial charge on any atom is -0.493 e. The Kier molecular flexibility index (Phi) is 8.04. The van der Waals surface area contributed by atoms with Gasteiger partial charge in [-0.3, -0.25) is 15.0 Å². The third kappa shape index (κ3) is 5.82. The first-order chi connectivity index (χ1) is 13.0. The molecule has 0 amide bonds. The minimum atomic E-state index is -0.409. The molecular weight excluding hydrogens is 382 g/mol. The second-order valence-electron chi connectivity index (χ2n) is 6.79. The van der Waals surface area contributed by atoms with E-state index in [9.17, 15) is 10.1 Å². The van der Waals surface area contributed by atoms with Crippen molar-refractivity contribution in [2.45, 2.75) is 26.1 Å². The molecule has 152 valence electrons. The van der Waals surface area contributed by atoms with Gasteiger partial charge in [0.15, 0.2) is 11.5 Å². The van der Waals surface area contributed by atoms with Crippen LogP contribution in [0, 0.1) is 10.1 Å². The average Bonchev–Trinajstić information content (AvgIpc) is 2.67. The molecule has 0 spiro atoms. The Balaban J connectivity index is 0.00000280. The molecule has 3 rings (SSSR count). The largest absolute Gasteiger partial charge is 0.493 e. The van der Waals surface area contributed by atoms with Crippen LogP contribution in [-0.4, -0.2) is 42.6 Å². The van der Waals surface area contributed by atoms with Crippen molar-refractivity contribution >= 4 is 18.1 Å². The van der Waals surface area contributed by atoms with E-state index in [-0.39, 0.29) is 18.1 Å². The van der Waals surface area contributed by atoms with Crippen LogP contribution in [0.5, 0.6) is 11.5 Å². The van der Waals surface area contributed by atoms with E-state index in [0.29, 0.717) is 24.1 Å². The van der Waals surface area contributed by atoms with Crippen molar-refractivity contribution in [3.8, 4) is 11.5 Å². The molecule has 28 heavy (non-hydrogen) atoms. The van der Waals surface area contributed by atoms with Crippen molar-refractivity contribution in [3.63, 3.8) is 0 Å². The second-order valence-corrected chi connectivity index (χ2v) is 6.79. The highest BCUT2D eigenvalue weighted by atomic mass is 35.5. The van der Waals surface area contributed by atoms with Crippen molar-refractivity contribution < 1.29 is 14.4 Å². The summed E-state index contributed by atoms with van der Waals surface area (Å²) < 4.78 is 11.3. The number of hydrogen-bond donors (Lipinski definition) is 1. The van der Waals surface area contributed by atoms with Gasteiger partial charge in [-0.25, -0.2) is 0 Å². The van der Waals surface area contributed by atoms with E-state index in [1.165, 1.54) is 17.7 Å². The summed E-state index contributed by atoms with van der Waals surface area (Å²) in [7, 11) is 1.62. The van der Waals surface area contributed by atoms with Crippen molar-refractivity contribution in [3.05, 3.63) is 63.7 Å². The molecule has 0 unspecified atom stereocenters. The van der Waals surface area contributed by atoms with Crippen LogP contribution in [0.1, 0.15) is 18.1 Å². The lowest BCUT2D eigenvalue weighted by atomic mass is 10.1. The van der Waals surface area contributed by atoms with E-state index in [1.807, 2.05) is 12.1 Å². The first-order valence-electron chi connectivity index (χ1n) is 9.04. The molecule has 8 heteroatoms. The highest BCUT2D eigenvalue weighted by Crippen LogP contribution is 2.29. The highest BCUT2D eigenvalue weighted by Gasteiger charge is 2.16. The number of nitro groups is 1. The number of nitrogens with zero attached hydrogens (tertiary/aromatic N) is 2. The molecular formula is C20H26ClN3O4. The molecule has 1 atom stereocenters. The Hall–Kier alpha value is -2.35. The number of non-ortho nitro benzene ring substituents is 1. The molecule has 0 radical (unpaired) electrons. The maximum atomic E-state index is 10.7. The van der Waals surface area contributed by atoms with Gasteiger partial charge in [0, 0.05) is 44.4 Å². The van der Waals surface area contributed by atoms with E-state index in [0.717, 1.165) is 31.7 Å². The highest BCUT2D eigenvalue weighted by molar-refractivity contribution is 5.85. The number of rotatable bonds is 7. The van der Waals surface area contributed by atoms with Crippen LogP contribution in [-0.2, 0) is 13.2 Å².